The van der Waals surface area contributed by atoms with E-state index in [4.69, 9.17) is 5.73 Å². The number of primary amides is 1. The summed E-state index contributed by atoms with van der Waals surface area (Å²) in [5, 5.41) is 2.92. The molecular formula is C11H17N3O. The number of carbonyl (C=O) groups is 1. The van der Waals surface area contributed by atoms with Gasteiger partial charge in [-0.25, -0.2) is 4.79 Å². The molecule has 0 aromatic carbocycles. The lowest BCUT2D eigenvalue weighted by Gasteiger charge is -2.09. The molecule has 15 heavy (non-hydrogen) atoms. The molecule has 4 nitrogen and oxygen atoms in total. The largest absolute Gasteiger partial charge is 0.368 e. The predicted molar refractivity (Wildman–Crippen MR) is 62.7 cm³/mol. The van der Waals surface area contributed by atoms with Crippen LogP contribution in [0.4, 0.5) is 4.79 Å². The summed E-state index contributed by atoms with van der Waals surface area (Å²) < 4.78 is 0. The van der Waals surface area contributed by atoms with Gasteiger partial charge in [0.15, 0.2) is 0 Å². The van der Waals surface area contributed by atoms with Crippen molar-refractivity contribution in [2.75, 3.05) is 6.54 Å². The molecule has 0 fully saturated rings. The maximum absolute atomic E-state index is 10.2. The lowest BCUT2D eigenvalue weighted by molar-refractivity contribution is 0.226. The zero-order chi connectivity index (χ0) is 11.5. The third-order valence-electron chi connectivity index (χ3n) is 1.56. The molecule has 0 saturated carbocycles. The molecule has 2 amide bonds. The van der Waals surface area contributed by atoms with Gasteiger partial charge in [-0.2, -0.15) is 0 Å². The van der Waals surface area contributed by atoms with E-state index in [0.29, 0.717) is 6.54 Å². The summed E-state index contributed by atoms with van der Waals surface area (Å²) in [6.45, 7) is 5.79. The Morgan fingerprint density at radius 3 is 2.20 bits per heavy atom. The Bertz CT molecular complexity index is 266. The normalized spacial score (nSPS) is 11.8. The van der Waals surface area contributed by atoms with Gasteiger partial charge in [-0.1, -0.05) is 18.7 Å². The van der Waals surface area contributed by atoms with Crippen LogP contribution in [0.3, 0.4) is 0 Å². The van der Waals surface area contributed by atoms with Crippen LogP contribution in [0.5, 0.6) is 0 Å². The van der Waals surface area contributed by atoms with Crippen LogP contribution in [0.2, 0.25) is 0 Å². The fourth-order valence-corrected chi connectivity index (χ4v) is 0.781. The number of urea groups is 1. The molecule has 0 aromatic rings. The SMILES string of the molecule is C1=CC=CNC=C1.C=CN(CC)C(N)=O. The van der Waals surface area contributed by atoms with E-state index in [9.17, 15) is 4.79 Å². The highest BCUT2D eigenvalue weighted by molar-refractivity contribution is 5.72. The second kappa shape index (κ2) is 8.62. The van der Waals surface area contributed by atoms with Crippen LogP contribution in [0.15, 0.2) is 49.5 Å². The second-order valence-corrected chi connectivity index (χ2v) is 2.58. The Balaban J connectivity index is 0.000000262. The zero-order valence-electron chi connectivity index (χ0n) is 8.89. The van der Waals surface area contributed by atoms with Crippen molar-refractivity contribution in [3.63, 3.8) is 0 Å². The van der Waals surface area contributed by atoms with Gasteiger partial charge in [0, 0.05) is 25.1 Å². The first kappa shape index (κ1) is 13.0. The monoisotopic (exact) mass is 207 g/mol. The number of hydrogen-bond acceptors (Lipinski definition) is 2. The number of allylic oxidation sites excluding steroid dienone is 4. The van der Waals surface area contributed by atoms with Crippen molar-refractivity contribution in [1.82, 2.24) is 10.2 Å². The third-order valence-corrected chi connectivity index (χ3v) is 1.56. The van der Waals surface area contributed by atoms with Gasteiger partial charge < -0.3 is 16.0 Å². The van der Waals surface area contributed by atoms with Gasteiger partial charge in [-0.3, -0.25) is 0 Å². The van der Waals surface area contributed by atoms with E-state index in [2.05, 4.69) is 11.9 Å². The first-order valence-electron chi connectivity index (χ1n) is 4.65. The van der Waals surface area contributed by atoms with Crippen molar-refractivity contribution in [3.8, 4) is 0 Å². The van der Waals surface area contributed by atoms with Crippen LogP contribution >= 0.6 is 0 Å². The number of amides is 2. The standard InChI is InChI=1S/C6H7N.C5H10N2O/c1-2-4-6-7-5-3-1;1-3-7(4-2)5(6)8/h1-7H;3H,1,4H2,2H3,(H2,6,8). The highest BCUT2D eigenvalue weighted by Gasteiger charge is 1.97. The van der Waals surface area contributed by atoms with Gasteiger partial charge in [0.05, 0.1) is 0 Å². The summed E-state index contributed by atoms with van der Waals surface area (Å²) in [7, 11) is 0. The fraction of sp³-hybridized carbons (Fsp3) is 0.182. The van der Waals surface area contributed by atoms with Crippen molar-refractivity contribution >= 4 is 6.03 Å². The topological polar surface area (TPSA) is 58.4 Å². The van der Waals surface area contributed by atoms with E-state index in [0.717, 1.165) is 0 Å². The Labute approximate surface area is 90.4 Å². The number of nitrogens with one attached hydrogen (secondary N) is 1. The number of rotatable bonds is 2. The first-order valence-corrected chi connectivity index (χ1v) is 4.65. The van der Waals surface area contributed by atoms with Gasteiger partial charge in [0.25, 0.3) is 0 Å². The number of hydrogen-bond donors (Lipinski definition) is 2. The lowest BCUT2D eigenvalue weighted by atomic mass is 10.5. The minimum Gasteiger partial charge on any atom is -0.368 e. The minimum absolute atomic E-state index is 0.456. The molecule has 0 spiro atoms. The summed E-state index contributed by atoms with van der Waals surface area (Å²) in [4.78, 5) is 11.6. The molecular weight excluding hydrogens is 190 g/mol. The van der Waals surface area contributed by atoms with Crippen molar-refractivity contribution in [3.05, 3.63) is 49.5 Å². The Morgan fingerprint density at radius 1 is 1.40 bits per heavy atom. The van der Waals surface area contributed by atoms with Crippen LogP contribution in [-0.2, 0) is 0 Å². The Kier molecular flexibility index (Phi) is 7.49. The maximum Gasteiger partial charge on any atom is 0.318 e. The Morgan fingerprint density at radius 2 is 1.93 bits per heavy atom. The minimum atomic E-state index is -0.456. The number of nitrogens with zero attached hydrogens (tertiary/aromatic N) is 1. The van der Waals surface area contributed by atoms with Gasteiger partial charge in [-0.05, 0) is 19.1 Å². The molecule has 0 atom stereocenters. The summed E-state index contributed by atoms with van der Waals surface area (Å²) >= 11 is 0. The molecule has 0 aromatic heterocycles. The van der Waals surface area contributed by atoms with Gasteiger partial charge >= 0.3 is 6.03 Å². The molecule has 1 aliphatic heterocycles. The van der Waals surface area contributed by atoms with E-state index in [1.807, 2.05) is 43.6 Å². The molecule has 0 radical (unpaired) electrons. The predicted octanol–water partition coefficient (Wildman–Crippen LogP) is 1.70. The smallest absolute Gasteiger partial charge is 0.318 e. The molecule has 0 aliphatic carbocycles. The second-order valence-electron chi connectivity index (χ2n) is 2.58. The zero-order valence-corrected chi connectivity index (χ0v) is 8.89. The quantitative estimate of drug-likeness (QED) is 0.724. The molecule has 1 heterocycles. The highest BCUT2D eigenvalue weighted by atomic mass is 16.2. The van der Waals surface area contributed by atoms with Gasteiger partial charge in [0.1, 0.15) is 0 Å². The van der Waals surface area contributed by atoms with Crippen LogP contribution in [0.25, 0.3) is 0 Å². The fourth-order valence-electron chi connectivity index (χ4n) is 0.781. The van der Waals surface area contributed by atoms with E-state index in [1.165, 1.54) is 11.1 Å². The molecule has 82 valence electrons. The van der Waals surface area contributed by atoms with Crippen molar-refractivity contribution in [2.45, 2.75) is 6.92 Å². The van der Waals surface area contributed by atoms with E-state index in [1.54, 1.807) is 0 Å². The van der Waals surface area contributed by atoms with Crippen LogP contribution < -0.4 is 11.1 Å². The van der Waals surface area contributed by atoms with E-state index < -0.39 is 6.03 Å². The summed E-state index contributed by atoms with van der Waals surface area (Å²) in [6.07, 6.45) is 13.0. The van der Waals surface area contributed by atoms with E-state index in [-0.39, 0.29) is 0 Å². The number of nitrogens with two attached hydrogens (primary N) is 1. The Hall–Kier alpha value is -1.97. The van der Waals surface area contributed by atoms with Gasteiger partial charge in [-0.15, -0.1) is 0 Å². The lowest BCUT2D eigenvalue weighted by Crippen LogP contribution is -2.30. The number of carbonyl (C=O) groups excluding carboxylic acids is 1. The third kappa shape index (κ3) is 7.13. The maximum atomic E-state index is 10.2. The van der Waals surface area contributed by atoms with Crippen LogP contribution in [0, 0.1) is 0 Å². The summed E-state index contributed by atoms with van der Waals surface area (Å²) in [6, 6.07) is -0.456. The average molecular weight is 207 g/mol. The van der Waals surface area contributed by atoms with E-state index >= 15 is 0 Å². The molecule has 0 unspecified atom stereocenters. The molecule has 1 aliphatic rings. The van der Waals surface area contributed by atoms with Crippen LogP contribution in [0.1, 0.15) is 6.92 Å². The first-order chi connectivity index (χ1) is 7.22. The molecule has 3 N–H and O–H groups in total. The van der Waals surface area contributed by atoms with Crippen molar-refractivity contribution in [2.24, 2.45) is 5.73 Å². The average Bonchev–Trinajstić information content (AvgIpc) is 2.51. The highest BCUT2D eigenvalue weighted by Crippen LogP contribution is 1.83. The molecule has 1 rings (SSSR count). The van der Waals surface area contributed by atoms with Gasteiger partial charge in [0.2, 0.25) is 0 Å². The van der Waals surface area contributed by atoms with Crippen molar-refractivity contribution < 1.29 is 4.79 Å². The summed E-state index contributed by atoms with van der Waals surface area (Å²) in [5.74, 6) is 0. The summed E-state index contributed by atoms with van der Waals surface area (Å²) in [5.41, 5.74) is 4.87. The van der Waals surface area contributed by atoms with Crippen LogP contribution in [-0.4, -0.2) is 17.5 Å². The molecule has 0 saturated heterocycles. The molecule has 0 bridgehead atoms. The van der Waals surface area contributed by atoms with Crippen molar-refractivity contribution in [1.29, 1.82) is 0 Å². The molecule has 4 heteroatoms.